The van der Waals surface area contributed by atoms with Crippen LogP contribution in [-0.4, -0.2) is 38.4 Å². The van der Waals surface area contributed by atoms with Gasteiger partial charge in [0.2, 0.25) is 10.0 Å². The number of aryl methyl sites for hydroxylation is 1. The first-order chi connectivity index (χ1) is 8.96. The molecule has 6 heteroatoms. The molecular weight excluding hydrogens is 328 g/mol. The molecule has 1 N–H and O–H groups in total. The lowest BCUT2D eigenvalue weighted by Crippen LogP contribution is -2.58. The van der Waals surface area contributed by atoms with Crippen LogP contribution in [0.4, 0.5) is 0 Å². The molecule has 106 valence electrons. The van der Waals surface area contributed by atoms with Crippen molar-refractivity contribution in [2.75, 3.05) is 19.6 Å². The molecule has 0 bridgehead atoms. The summed E-state index contributed by atoms with van der Waals surface area (Å²) in [5.41, 5.74) is 1.04. The van der Waals surface area contributed by atoms with Crippen LogP contribution in [0.15, 0.2) is 27.6 Å². The van der Waals surface area contributed by atoms with Crippen molar-refractivity contribution in [3.8, 4) is 0 Å². The van der Waals surface area contributed by atoms with Crippen molar-refractivity contribution < 1.29 is 8.42 Å². The molecule has 2 rings (SSSR count). The molecule has 0 amide bonds. The molecule has 1 heterocycles. The van der Waals surface area contributed by atoms with Gasteiger partial charge in [-0.3, -0.25) is 0 Å². The van der Waals surface area contributed by atoms with E-state index in [1.165, 1.54) is 0 Å². The predicted molar refractivity (Wildman–Crippen MR) is 79.7 cm³/mol. The van der Waals surface area contributed by atoms with E-state index in [1.54, 1.807) is 10.4 Å². The van der Waals surface area contributed by atoms with E-state index in [0.29, 0.717) is 15.9 Å². The number of rotatable bonds is 5. The molecule has 0 aromatic heterocycles. The summed E-state index contributed by atoms with van der Waals surface area (Å²) in [7, 11) is -3.42. The zero-order valence-corrected chi connectivity index (χ0v) is 13.6. The number of hydrogen-bond donors (Lipinski definition) is 1. The first-order valence-electron chi connectivity index (χ1n) is 6.45. The van der Waals surface area contributed by atoms with E-state index in [1.807, 2.05) is 26.0 Å². The molecule has 19 heavy (non-hydrogen) atoms. The Labute approximate surface area is 123 Å². The van der Waals surface area contributed by atoms with E-state index in [4.69, 9.17) is 0 Å². The second-order valence-corrected chi connectivity index (χ2v) is 7.58. The van der Waals surface area contributed by atoms with Gasteiger partial charge in [-0.25, -0.2) is 8.42 Å². The van der Waals surface area contributed by atoms with Gasteiger partial charge in [0.1, 0.15) is 0 Å². The third kappa shape index (κ3) is 3.02. The Morgan fingerprint density at radius 1 is 1.42 bits per heavy atom. The van der Waals surface area contributed by atoms with Crippen LogP contribution in [0.3, 0.4) is 0 Å². The van der Waals surface area contributed by atoms with Crippen LogP contribution in [0, 0.1) is 6.92 Å². The number of nitrogens with one attached hydrogen (secondary N) is 1. The number of benzene rings is 1. The topological polar surface area (TPSA) is 49.4 Å². The number of sulfonamides is 1. The van der Waals surface area contributed by atoms with Gasteiger partial charge in [0, 0.05) is 24.1 Å². The maximum atomic E-state index is 12.8. The van der Waals surface area contributed by atoms with E-state index in [9.17, 15) is 8.42 Å². The Hall–Kier alpha value is -0.430. The smallest absolute Gasteiger partial charge is 0.244 e. The van der Waals surface area contributed by atoms with Gasteiger partial charge >= 0.3 is 0 Å². The number of hydrogen-bond acceptors (Lipinski definition) is 3. The largest absolute Gasteiger partial charge is 0.313 e. The molecule has 1 aromatic rings. The van der Waals surface area contributed by atoms with E-state index in [0.717, 1.165) is 25.1 Å². The fourth-order valence-corrected chi connectivity index (χ4v) is 5.01. The van der Waals surface area contributed by atoms with Crippen LogP contribution >= 0.6 is 15.9 Å². The second kappa shape index (κ2) is 5.91. The third-order valence-electron chi connectivity index (χ3n) is 3.29. The van der Waals surface area contributed by atoms with Gasteiger partial charge in [0.25, 0.3) is 0 Å². The van der Waals surface area contributed by atoms with Crippen LogP contribution in [-0.2, 0) is 10.0 Å². The number of halogens is 1. The quantitative estimate of drug-likeness (QED) is 0.888. The normalized spacial score (nSPS) is 16.6. The Bertz CT molecular complexity index is 556. The average Bonchev–Trinajstić information content (AvgIpc) is 2.25. The van der Waals surface area contributed by atoms with E-state index >= 15 is 0 Å². The Morgan fingerprint density at radius 2 is 2.11 bits per heavy atom. The Morgan fingerprint density at radius 3 is 2.58 bits per heavy atom. The molecular formula is C13H19BrN2O2S. The SMILES string of the molecule is CCCN(C1CNC1)S(=O)(=O)c1ccc(C)cc1Br. The number of nitrogens with zero attached hydrogens (tertiary/aromatic N) is 1. The standard InChI is InChI=1S/C13H19BrN2O2S/c1-3-6-16(11-8-15-9-11)19(17,18)13-5-4-10(2)7-12(13)14/h4-5,7,11,15H,3,6,8-9H2,1-2H3. The van der Waals surface area contributed by atoms with E-state index in [-0.39, 0.29) is 6.04 Å². The highest BCUT2D eigenvalue weighted by Crippen LogP contribution is 2.28. The fourth-order valence-electron chi connectivity index (χ4n) is 2.14. The minimum Gasteiger partial charge on any atom is -0.313 e. The lowest BCUT2D eigenvalue weighted by molar-refractivity contribution is 0.241. The fraction of sp³-hybridized carbons (Fsp3) is 0.538. The lowest BCUT2D eigenvalue weighted by Gasteiger charge is -2.37. The summed E-state index contributed by atoms with van der Waals surface area (Å²) in [6, 6.07) is 5.44. The van der Waals surface area contributed by atoms with Crippen molar-refractivity contribution in [1.29, 1.82) is 0 Å². The van der Waals surface area contributed by atoms with Gasteiger partial charge in [0.05, 0.1) is 10.9 Å². The van der Waals surface area contributed by atoms with E-state index < -0.39 is 10.0 Å². The zero-order chi connectivity index (χ0) is 14.0. The summed E-state index contributed by atoms with van der Waals surface area (Å²) in [6.45, 7) is 5.99. The highest BCUT2D eigenvalue weighted by Gasteiger charge is 2.35. The molecule has 0 aliphatic carbocycles. The van der Waals surface area contributed by atoms with Gasteiger partial charge in [0.15, 0.2) is 0 Å². The van der Waals surface area contributed by atoms with Gasteiger partial charge in [-0.2, -0.15) is 4.31 Å². The second-order valence-electron chi connectivity index (χ2n) is 4.86. The summed E-state index contributed by atoms with van der Waals surface area (Å²) in [5, 5.41) is 3.13. The molecule has 4 nitrogen and oxygen atoms in total. The maximum absolute atomic E-state index is 12.8. The highest BCUT2D eigenvalue weighted by molar-refractivity contribution is 9.10. The summed E-state index contributed by atoms with van der Waals surface area (Å²) < 4.78 is 27.8. The van der Waals surface area contributed by atoms with Crippen LogP contribution in [0.2, 0.25) is 0 Å². The van der Waals surface area contributed by atoms with Gasteiger partial charge in [-0.05, 0) is 47.0 Å². The van der Waals surface area contributed by atoms with Crippen LogP contribution in [0.5, 0.6) is 0 Å². The lowest BCUT2D eigenvalue weighted by atomic mass is 10.2. The van der Waals surface area contributed by atoms with Crippen molar-refractivity contribution in [3.63, 3.8) is 0 Å². The summed E-state index contributed by atoms with van der Waals surface area (Å²) in [4.78, 5) is 0.360. The zero-order valence-electron chi connectivity index (χ0n) is 11.2. The van der Waals surface area contributed by atoms with Crippen LogP contribution in [0.25, 0.3) is 0 Å². The predicted octanol–water partition coefficient (Wildman–Crippen LogP) is 2.13. The summed E-state index contributed by atoms with van der Waals surface area (Å²) >= 11 is 3.37. The molecule has 1 fully saturated rings. The first kappa shape index (κ1) is 15.0. The Kier molecular flexibility index (Phi) is 4.66. The molecule has 1 aromatic carbocycles. The third-order valence-corrected chi connectivity index (χ3v) is 6.21. The van der Waals surface area contributed by atoms with Crippen LogP contribution < -0.4 is 5.32 Å². The van der Waals surface area contributed by atoms with Gasteiger partial charge < -0.3 is 5.32 Å². The van der Waals surface area contributed by atoms with Crippen LogP contribution in [0.1, 0.15) is 18.9 Å². The maximum Gasteiger partial charge on any atom is 0.244 e. The van der Waals surface area contributed by atoms with Crippen molar-refractivity contribution in [3.05, 3.63) is 28.2 Å². The first-order valence-corrected chi connectivity index (χ1v) is 8.69. The van der Waals surface area contributed by atoms with E-state index in [2.05, 4.69) is 21.2 Å². The average molecular weight is 347 g/mol. The van der Waals surface area contributed by atoms with Crippen molar-refractivity contribution in [2.24, 2.45) is 0 Å². The monoisotopic (exact) mass is 346 g/mol. The molecule has 1 saturated heterocycles. The van der Waals surface area contributed by atoms with Crippen molar-refractivity contribution in [1.82, 2.24) is 9.62 Å². The molecule has 0 radical (unpaired) electrons. The van der Waals surface area contributed by atoms with Crippen molar-refractivity contribution in [2.45, 2.75) is 31.2 Å². The summed E-state index contributed by atoms with van der Waals surface area (Å²) in [5.74, 6) is 0. The van der Waals surface area contributed by atoms with Crippen molar-refractivity contribution >= 4 is 26.0 Å². The molecule has 0 spiro atoms. The molecule has 0 saturated carbocycles. The minimum absolute atomic E-state index is 0.0816. The molecule has 0 unspecified atom stereocenters. The highest BCUT2D eigenvalue weighted by atomic mass is 79.9. The minimum atomic E-state index is -3.42. The van der Waals surface area contributed by atoms with Gasteiger partial charge in [-0.1, -0.05) is 13.0 Å². The molecule has 1 aliphatic rings. The molecule has 0 atom stereocenters. The summed E-state index contributed by atoms with van der Waals surface area (Å²) in [6.07, 6.45) is 0.819. The Balaban J connectivity index is 2.38. The van der Waals surface area contributed by atoms with Gasteiger partial charge in [-0.15, -0.1) is 0 Å². The molecule has 1 aliphatic heterocycles.